The van der Waals surface area contributed by atoms with Gasteiger partial charge in [0.2, 0.25) is 0 Å². The van der Waals surface area contributed by atoms with Crippen molar-refractivity contribution in [2.45, 2.75) is 20.0 Å². The molecule has 0 fully saturated rings. The maximum Gasteiger partial charge on any atom is 0.416 e. The van der Waals surface area contributed by atoms with E-state index in [1.807, 2.05) is 0 Å². The first-order valence-electron chi connectivity index (χ1n) is 5.85. The maximum absolute atomic E-state index is 12.6. The highest BCUT2D eigenvalue weighted by atomic mass is 19.4. The van der Waals surface area contributed by atoms with Gasteiger partial charge in [0.1, 0.15) is 0 Å². The van der Waals surface area contributed by atoms with E-state index in [0.29, 0.717) is 11.3 Å². The van der Waals surface area contributed by atoms with Gasteiger partial charge in [-0.2, -0.15) is 13.2 Å². The number of aliphatic hydroxyl groups excluding tert-OH is 2. The Hall–Kier alpha value is -1.27. The molecule has 0 bridgehead atoms. The molecular formula is C13H18F3NO2. The Labute approximate surface area is 110 Å². The van der Waals surface area contributed by atoms with Crippen molar-refractivity contribution in [1.82, 2.24) is 0 Å². The van der Waals surface area contributed by atoms with Crippen molar-refractivity contribution in [3.05, 3.63) is 29.3 Å². The van der Waals surface area contributed by atoms with Crippen LogP contribution >= 0.6 is 0 Å². The molecule has 0 amide bonds. The van der Waals surface area contributed by atoms with Crippen molar-refractivity contribution in [2.75, 3.05) is 25.1 Å². The summed E-state index contributed by atoms with van der Waals surface area (Å²) in [6, 6.07) is 3.45. The van der Waals surface area contributed by atoms with E-state index in [9.17, 15) is 13.2 Å². The Bertz CT molecular complexity index is 428. The van der Waals surface area contributed by atoms with E-state index in [1.165, 1.54) is 6.07 Å². The van der Waals surface area contributed by atoms with Crippen LogP contribution in [0.2, 0.25) is 0 Å². The van der Waals surface area contributed by atoms with Crippen LogP contribution in [0.1, 0.15) is 18.1 Å². The van der Waals surface area contributed by atoms with E-state index in [1.54, 1.807) is 13.8 Å². The van der Waals surface area contributed by atoms with Gasteiger partial charge >= 0.3 is 6.18 Å². The number of aryl methyl sites for hydroxylation is 1. The van der Waals surface area contributed by atoms with Crippen LogP contribution in [0.4, 0.5) is 18.9 Å². The summed E-state index contributed by atoms with van der Waals surface area (Å²) in [5.74, 6) is 0. The zero-order valence-corrected chi connectivity index (χ0v) is 10.9. The molecule has 0 saturated carbocycles. The van der Waals surface area contributed by atoms with Gasteiger partial charge in [-0.25, -0.2) is 0 Å². The number of benzene rings is 1. The fourth-order valence-corrected chi connectivity index (χ4v) is 1.46. The summed E-state index contributed by atoms with van der Waals surface area (Å²) in [6.45, 7) is 3.01. The third-order valence-corrected chi connectivity index (χ3v) is 3.03. The minimum absolute atomic E-state index is 0.183. The van der Waals surface area contributed by atoms with Crippen LogP contribution in [0.3, 0.4) is 0 Å². The summed E-state index contributed by atoms with van der Waals surface area (Å²) in [5.41, 5.74) is -0.481. The summed E-state index contributed by atoms with van der Waals surface area (Å²) < 4.78 is 37.8. The molecule has 0 heterocycles. The first kappa shape index (κ1) is 15.8. The van der Waals surface area contributed by atoms with Gasteiger partial charge in [-0.3, -0.25) is 0 Å². The molecule has 0 atom stereocenters. The highest BCUT2D eigenvalue weighted by molar-refractivity contribution is 5.53. The minimum Gasteiger partial charge on any atom is -0.396 e. The van der Waals surface area contributed by atoms with Crippen LogP contribution in [0, 0.1) is 12.3 Å². The van der Waals surface area contributed by atoms with Gasteiger partial charge in [0.05, 0.1) is 18.8 Å². The molecule has 1 aromatic carbocycles. The Morgan fingerprint density at radius 1 is 1.16 bits per heavy atom. The molecule has 0 aliphatic rings. The maximum atomic E-state index is 12.6. The van der Waals surface area contributed by atoms with Crippen LogP contribution in [0.25, 0.3) is 0 Å². The lowest BCUT2D eigenvalue weighted by Crippen LogP contribution is -2.34. The molecule has 108 valence electrons. The standard InChI is InChI=1S/C13H18F3NO2/c1-9-3-4-10(13(14,15)16)5-11(9)17-6-12(2,7-18)8-19/h3-5,17-19H,6-8H2,1-2H3. The van der Waals surface area contributed by atoms with Crippen LogP contribution in [0.5, 0.6) is 0 Å². The fourth-order valence-electron chi connectivity index (χ4n) is 1.46. The van der Waals surface area contributed by atoms with Gasteiger partial charge in [-0.1, -0.05) is 13.0 Å². The zero-order chi connectivity index (χ0) is 14.7. The second-order valence-corrected chi connectivity index (χ2v) is 5.01. The number of aliphatic hydroxyl groups is 2. The first-order valence-corrected chi connectivity index (χ1v) is 5.85. The van der Waals surface area contributed by atoms with E-state index >= 15 is 0 Å². The third-order valence-electron chi connectivity index (χ3n) is 3.03. The SMILES string of the molecule is Cc1ccc(C(F)(F)F)cc1NCC(C)(CO)CO. The molecule has 0 unspecified atom stereocenters. The molecule has 3 nitrogen and oxygen atoms in total. The normalized spacial score (nSPS) is 12.6. The van der Waals surface area contributed by atoms with Gasteiger partial charge in [0.15, 0.2) is 0 Å². The Balaban J connectivity index is 2.89. The number of halogens is 3. The number of alkyl halides is 3. The molecule has 0 spiro atoms. The zero-order valence-electron chi connectivity index (χ0n) is 10.9. The van der Waals surface area contributed by atoms with Crippen LogP contribution < -0.4 is 5.32 Å². The molecule has 0 saturated heterocycles. The quantitative estimate of drug-likeness (QED) is 0.774. The lowest BCUT2D eigenvalue weighted by Gasteiger charge is -2.26. The molecule has 1 aromatic rings. The minimum atomic E-state index is -4.39. The molecule has 6 heteroatoms. The molecule has 0 aliphatic heterocycles. The molecular weight excluding hydrogens is 259 g/mol. The Morgan fingerprint density at radius 2 is 1.74 bits per heavy atom. The van der Waals surface area contributed by atoms with E-state index in [2.05, 4.69) is 5.32 Å². The molecule has 0 aliphatic carbocycles. The lowest BCUT2D eigenvalue weighted by molar-refractivity contribution is -0.137. The molecule has 19 heavy (non-hydrogen) atoms. The Kier molecular flexibility index (Phi) is 4.81. The van der Waals surface area contributed by atoms with Gasteiger partial charge in [0, 0.05) is 17.6 Å². The van der Waals surface area contributed by atoms with Crippen molar-refractivity contribution in [1.29, 1.82) is 0 Å². The summed E-state index contributed by atoms with van der Waals surface area (Å²) >= 11 is 0. The summed E-state index contributed by atoms with van der Waals surface area (Å²) in [5, 5.41) is 21.1. The fraction of sp³-hybridized carbons (Fsp3) is 0.538. The van der Waals surface area contributed by atoms with Gasteiger partial charge in [-0.15, -0.1) is 0 Å². The lowest BCUT2D eigenvalue weighted by atomic mass is 9.93. The molecule has 0 aromatic heterocycles. The predicted octanol–water partition coefficient (Wildman–Crippen LogP) is 2.42. The van der Waals surface area contributed by atoms with Crippen molar-refractivity contribution in [3.63, 3.8) is 0 Å². The number of nitrogens with one attached hydrogen (secondary N) is 1. The second kappa shape index (κ2) is 5.79. The Morgan fingerprint density at radius 3 is 2.21 bits per heavy atom. The second-order valence-electron chi connectivity index (χ2n) is 5.01. The largest absolute Gasteiger partial charge is 0.416 e. The molecule has 1 rings (SSSR count). The average Bonchev–Trinajstić information content (AvgIpc) is 2.36. The van der Waals surface area contributed by atoms with Crippen molar-refractivity contribution >= 4 is 5.69 Å². The highest BCUT2D eigenvalue weighted by Gasteiger charge is 2.31. The van der Waals surface area contributed by atoms with E-state index in [4.69, 9.17) is 10.2 Å². The van der Waals surface area contributed by atoms with E-state index in [0.717, 1.165) is 12.1 Å². The predicted molar refractivity (Wildman–Crippen MR) is 66.9 cm³/mol. The van der Waals surface area contributed by atoms with Crippen LogP contribution in [-0.4, -0.2) is 30.0 Å². The first-order chi connectivity index (χ1) is 8.72. The molecule has 3 N–H and O–H groups in total. The number of hydrogen-bond acceptors (Lipinski definition) is 3. The summed E-state index contributed by atoms with van der Waals surface area (Å²) in [4.78, 5) is 0. The third kappa shape index (κ3) is 4.11. The average molecular weight is 277 g/mol. The van der Waals surface area contributed by atoms with Crippen molar-refractivity contribution in [3.8, 4) is 0 Å². The van der Waals surface area contributed by atoms with Crippen LogP contribution in [-0.2, 0) is 6.18 Å². The van der Waals surface area contributed by atoms with Crippen LogP contribution in [0.15, 0.2) is 18.2 Å². The van der Waals surface area contributed by atoms with Crippen molar-refractivity contribution in [2.24, 2.45) is 5.41 Å². The van der Waals surface area contributed by atoms with E-state index in [-0.39, 0.29) is 19.8 Å². The van der Waals surface area contributed by atoms with E-state index < -0.39 is 17.2 Å². The van der Waals surface area contributed by atoms with Gasteiger partial charge in [-0.05, 0) is 24.6 Å². The summed E-state index contributed by atoms with van der Waals surface area (Å²) in [6.07, 6.45) is -4.39. The topological polar surface area (TPSA) is 52.5 Å². The number of anilines is 1. The van der Waals surface area contributed by atoms with Crippen molar-refractivity contribution < 1.29 is 23.4 Å². The smallest absolute Gasteiger partial charge is 0.396 e. The van der Waals surface area contributed by atoms with Gasteiger partial charge in [0.25, 0.3) is 0 Å². The highest BCUT2D eigenvalue weighted by Crippen LogP contribution is 2.32. The van der Waals surface area contributed by atoms with Gasteiger partial charge < -0.3 is 15.5 Å². The number of hydrogen-bond donors (Lipinski definition) is 3. The summed E-state index contributed by atoms with van der Waals surface area (Å²) in [7, 11) is 0. The monoisotopic (exact) mass is 277 g/mol. The molecule has 0 radical (unpaired) electrons. The number of rotatable bonds is 5.